The smallest absolute Gasteiger partial charge is 0.243 e. The highest BCUT2D eigenvalue weighted by Crippen LogP contribution is 2.27. The lowest BCUT2D eigenvalue weighted by molar-refractivity contribution is 0.407. The van der Waals surface area contributed by atoms with Gasteiger partial charge in [-0.1, -0.05) is 19.4 Å². The highest BCUT2D eigenvalue weighted by Gasteiger charge is 2.28. The summed E-state index contributed by atoms with van der Waals surface area (Å²) in [6, 6.07) is 5.09. The predicted octanol–water partition coefficient (Wildman–Crippen LogP) is 2.78. The van der Waals surface area contributed by atoms with Crippen molar-refractivity contribution in [1.82, 2.24) is 4.31 Å². The van der Waals surface area contributed by atoms with Crippen LogP contribution in [0, 0.1) is 12.8 Å². The lowest BCUT2D eigenvalue weighted by atomic mass is 9.98. The van der Waals surface area contributed by atoms with Gasteiger partial charge in [-0.25, -0.2) is 8.42 Å². The Morgan fingerprint density at radius 1 is 1.30 bits per heavy atom. The van der Waals surface area contributed by atoms with Gasteiger partial charge in [0.25, 0.3) is 0 Å². The van der Waals surface area contributed by atoms with Crippen LogP contribution in [-0.2, 0) is 10.0 Å². The second-order valence-electron chi connectivity index (χ2n) is 5.63. The zero-order chi connectivity index (χ0) is 14.8. The number of aryl methyl sites for hydroxylation is 1. The highest BCUT2D eigenvalue weighted by atomic mass is 32.2. The lowest BCUT2D eigenvalue weighted by Crippen LogP contribution is -2.32. The first-order valence-corrected chi connectivity index (χ1v) is 8.75. The lowest BCUT2D eigenvalue weighted by Gasteiger charge is -2.21. The summed E-state index contributed by atoms with van der Waals surface area (Å²) >= 11 is 0. The van der Waals surface area contributed by atoms with Crippen LogP contribution < -0.4 is 5.73 Å². The Morgan fingerprint density at radius 2 is 2.05 bits per heavy atom. The van der Waals surface area contributed by atoms with Crippen molar-refractivity contribution in [3.05, 3.63) is 23.8 Å². The van der Waals surface area contributed by atoms with Gasteiger partial charge in [0.1, 0.15) is 0 Å². The van der Waals surface area contributed by atoms with Crippen LogP contribution in [0.3, 0.4) is 0 Å². The average molecular weight is 296 g/mol. The van der Waals surface area contributed by atoms with Gasteiger partial charge in [0.15, 0.2) is 0 Å². The maximum absolute atomic E-state index is 12.8. The van der Waals surface area contributed by atoms with Gasteiger partial charge in [0, 0.05) is 18.8 Å². The van der Waals surface area contributed by atoms with Gasteiger partial charge >= 0.3 is 0 Å². The first-order chi connectivity index (χ1) is 9.45. The van der Waals surface area contributed by atoms with Crippen LogP contribution in [-0.4, -0.2) is 25.8 Å². The predicted molar refractivity (Wildman–Crippen MR) is 82.0 cm³/mol. The van der Waals surface area contributed by atoms with Gasteiger partial charge in [-0.05, 0) is 49.8 Å². The number of nitrogens with two attached hydrogens (primary N) is 1. The van der Waals surface area contributed by atoms with Crippen LogP contribution >= 0.6 is 0 Å². The molecule has 0 amide bonds. The monoisotopic (exact) mass is 296 g/mol. The summed E-state index contributed by atoms with van der Waals surface area (Å²) < 4.78 is 27.2. The molecule has 0 radical (unpaired) electrons. The van der Waals surface area contributed by atoms with E-state index in [1.54, 1.807) is 22.5 Å². The molecule has 1 unspecified atom stereocenters. The number of sulfonamides is 1. The zero-order valence-corrected chi connectivity index (χ0v) is 13.1. The Balaban J connectivity index is 2.28. The van der Waals surface area contributed by atoms with Gasteiger partial charge in [-0.3, -0.25) is 0 Å². The van der Waals surface area contributed by atoms with Crippen molar-refractivity contribution in [3.63, 3.8) is 0 Å². The molecule has 2 N–H and O–H groups in total. The molecule has 1 aliphatic heterocycles. The van der Waals surface area contributed by atoms with Crippen LogP contribution in [0.5, 0.6) is 0 Å². The topological polar surface area (TPSA) is 63.4 Å². The van der Waals surface area contributed by atoms with Crippen LogP contribution in [0.15, 0.2) is 23.1 Å². The minimum atomic E-state index is -3.42. The van der Waals surface area contributed by atoms with Crippen molar-refractivity contribution >= 4 is 15.7 Å². The Hall–Kier alpha value is -1.07. The molecule has 0 spiro atoms. The van der Waals surface area contributed by atoms with Gasteiger partial charge in [-0.2, -0.15) is 4.31 Å². The third-order valence-electron chi connectivity index (χ3n) is 4.21. The molecular formula is C15H24N2O2S. The van der Waals surface area contributed by atoms with Crippen molar-refractivity contribution in [3.8, 4) is 0 Å². The van der Waals surface area contributed by atoms with E-state index < -0.39 is 10.0 Å². The zero-order valence-electron chi connectivity index (χ0n) is 12.3. The molecule has 0 saturated carbocycles. The minimum absolute atomic E-state index is 0.354. The number of anilines is 1. The molecule has 0 bridgehead atoms. The fourth-order valence-electron chi connectivity index (χ4n) is 2.82. The third-order valence-corrected chi connectivity index (χ3v) is 6.25. The fraction of sp³-hybridized carbons (Fsp3) is 0.600. The van der Waals surface area contributed by atoms with E-state index >= 15 is 0 Å². The summed E-state index contributed by atoms with van der Waals surface area (Å²) in [6.45, 7) is 5.23. The van der Waals surface area contributed by atoms with Crippen molar-refractivity contribution < 1.29 is 8.42 Å². The average Bonchev–Trinajstić information content (AvgIpc) is 2.67. The summed E-state index contributed by atoms with van der Waals surface area (Å²) in [5, 5.41) is 0. The summed E-state index contributed by atoms with van der Waals surface area (Å²) in [5.41, 5.74) is 7.00. The van der Waals surface area contributed by atoms with Crippen LogP contribution in [0.1, 0.15) is 38.2 Å². The standard InChI is InChI=1S/C15H24N2O2S/c1-3-13-5-4-9-17(10-8-13)20(18,19)15-11-14(16)7-6-12(15)2/h6-7,11,13H,3-5,8-10,16H2,1-2H3. The number of rotatable bonds is 3. The van der Waals surface area contributed by atoms with E-state index in [2.05, 4.69) is 6.92 Å². The number of nitrogens with zero attached hydrogens (tertiary/aromatic N) is 1. The molecule has 0 aromatic heterocycles. The number of nitrogen functional groups attached to an aromatic ring is 1. The number of hydrogen-bond acceptors (Lipinski definition) is 3. The molecule has 1 heterocycles. The molecule has 5 heteroatoms. The number of hydrogen-bond donors (Lipinski definition) is 1. The number of benzene rings is 1. The Kier molecular flexibility index (Phi) is 4.70. The maximum Gasteiger partial charge on any atom is 0.243 e. The molecule has 1 aliphatic rings. The summed E-state index contributed by atoms with van der Waals surface area (Å²) in [6.07, 6.45) is 4.15. The maximum atomic E-state index is 12.8. The Bertz CT molecular complexity index is 569. The Labute approximate surface area is 122 Å². The van der Waals surface area contributed by atoms with E-state index in [1.165, 1.54) is 0 Å². The first-order valence-electron chi connectivity index (χ1n) is 7.31. The van der Waals surface area contributed by atoms with E-state index in [4.69, 9.17) is 5.73 Å². The quantitative estimate of drug-likeness (QED) is 0.872. The van der Waals surface area contributed by atoms with Crippen molar-refractivity contribution in [2.45, 2.75) is 44.4 Å². The minimum Gasteiger partial charge on any atom is -0.399 e. The van der Waals surface area contributed by atoms with E-state index in [-0.39, 0.29) is 0 Å². The second-order valence-corrected chi connectivity index (χ2v) is 7.54. The summed E-state index contributed by atoms with van der Waals surface area (Å²) in [7, 11) is -3.42. The van der Waals surface area contributed by atoms with E-state index in [9.17, 15) is 8.42 Å². The molecular weight excluding hydrogens is 272 g/mol. The molecule has 1 aromatic rings. The second kappa shape index (κ2) is 6.14. The summed E-state index contributed by atoms with van der Waals surface area (Å²) in [5.74, 6) is 0.650. The molecule has 4 nitrogen and oxygen atoms in total. The summed E-state index contributed by atoms with van der Waals surface area (Å²) in [4.78, 5) is 0.354. The molecule has 0 aliphatic carbocycles. The highest BCUT2D eigenvalue weighted by molar-refractivity contribution is 7.89. The van der Waals surface area contributed by atoms with Crippen molar-refractivity contribution in [2.24, 2.45) is 5.92 Å². The van der Waals surface area contributed by atoms with E-state index in [0.717, 1.165) is 31.2 Å². The third kappa shape index (κ3) is 3.15. The fourth-order valence-corrected chi connectivity index (χ4v) is 4.57. The molecule has 1 aromatic carbocycles. The molecule has 2 rings (SSSR count). The van der Waals surface area contributed by atoms with Gasteiger partial charge < -0.3 is 5.73 Å². The normalized spacial score (nSPS) is 21.6. The van der Waals surface area contributed by atoms with Gasteiger partial charge in [-0.15, -0.1) is 0 Å². The molecule has 112 valence electrons. The van der Waals surface area contributed by atoms with E-state index in [0.29, 0.717) is 29.6 Å². The molecule has 1 atom stereocenters. The van der Waals surface area contributed by atoms with Gasteiger partial charge in [0.05, 0.1) is 4.90 Å². The van der Waals surface area contributed by atoms with Crippen LogP contribution in [0.25, 0.3) is 0 Å². The van der Waals surface area contributed by atoms with Crippen LogP contribution in [0.4, 0.5) is 5.69 Å². The largest absolute Gasteiger partial charge is 0.399 e. The van der Waals surface area contributed by atoms with Crippen molar-refractivity contribution in [1.29, 1.82) is 0 Å². The molecule has 1 saturated heterocycles. The van der Waals surface area contributed by atoms with E-state index in [1.807, 2.05) is 6.92 Å². The van der Waals surface area contributed by atoms with Crippen LogP contribution in [0.2, 0.25) is 0 Å². The Morgan fingerprint density at radius 3 is 2.75 bits per heavy atom. The first kappa shape index (κ1) is 15.3. The SMILES string of the molecule is CCC1CCCN(S(=O)(=O)c2cc(N)ccc2C)CC1. The van der Waals surface area contributed by atoms with Gasteiger partial charge in [0.2, 0.25) is 10.0 Å². The molecule has 1 fully saturated rings. The molecule has 20 heavy (non-hydrogen) atoms. The van der Waals surface area contributed by atoms with Crippen molar-refractivity contribution in [2.75, 3.05) is 18.8 Å².